The van der Waals surface area contributed by atoms with Crippen molar-refractivity contribution in [3.05, 3.63) is 75.1 Å². The van der Waals surface area contributed by atoms with Crippen LogP contribution in [0.5, 0.6) is 0 Å². The maximum Gasteiger partial charge on any atom is 0.737 e. The molecule has 0 radical (unpaired) electrons. The van der Waals surface area contributed by atoms with Gasteiger partial charge in [-0.1, -0.05) is 33.6 Å². The molecule has 2 aliphatic rings. The molecule has 0 unspecified atom stereocenters. The Morgan fingerprint density at radius 2 is 2.00 bits per heavy atom. The van der Waals surface area contributed by atoms with E-state index < -0.39 is 6.97 Å². The van der Waals surface area contributed by atoms with Crippen LogP contribution >= 0.6 is 27.5 Å². The maximum atomic E-state index is 14.7. The van der Waals surface area contributed by atoms with Gasteiger partial charge in [0.15, 0.2) is 5.70 Å². The third-order valence-corrected chi connectivity index (χ3v) is 4.93. The fraction of sp³-hybridized carbons (Fsp3) is 0. The summed E-state index contributed by atoms with van der Waals surface area (Å²) >= 11 is 9.83. The zero-order chi connectivity index (χ0) is 15.5. The summed E-state index contributed by atoms with van der Waals surface area (Å²) < 4.78 is 32.2. The van der Waals surface area contributed by atoms with Crippen LogP contribution in [0.1, 0.15) is 11.3 Å². The minimum atomic E-state index is -3.88. The third kappa shape index (κ3) is 1.74. The molecule has 0 saturated heterocycles. The van der Waals surface area contributed by atoms with E-state index in [4.69, 9.17) is 11.6 Å². The fourth-order valence-electron chi connectivity index (χ4n) is 3.01. The monoisotopic (exact) mass is 380 g/mol. The molecule has 2 aliphatic heterocycles. The van der Waals surface area contributed by atoms with Crippen molar-refractivity contribution in [2.24, 2.45) is 0 Å². The Labute approximate surface area is 139 Å². The van der Waals surface area contributed by atoms with Gasteiger partial charge in [0.05, 0.1) is 5.57 Å². The van der Waals surface area contributed by atoms with Crippen LogP contribution in [0, 0.1) is 0 Å². The number of benzene rings is 1. The van der Waals surface area contributed by atoms with Crippen LogP contribution in [0.25, 0.3) is 5.57 Å². The van der Waals surface area contributed by atoms with E-state index >= 15 is 0 Å². The van der Waals surface area contributed by atoms with E-state index in [-0.39, 0.29) is 0 Å². The summed E-state index contributed by atoms with van der Waals surface area (Å²) in [5.74, 6) is 0. The number of hydrogen-bond donors (Lipinski definition) is 0. The summed E-state index contributed by atoms with van der Waals surface area (Å²) in [6, 6.07) is 8.75. The van der Waals surface area contributed by atoms with Crippen molar-refractivity contribution in [3.63, 3.8) is 0 Å². The normalized spacial score (nSPS) is 18.3. The fourth-order valence-corrected chi connectivity index (χ4v) is 3.96. The third-order valence-electron chi connectivity index (χ3n) is 3.95. The van der Waals surface area contributed by atoms with Crippen LogP contribution in [0.2, 0.25) is 5.02 Å². The summed E-state index contributed by atoms with van der Waals surface area (Å²) in [7, 11) is 0. The van der Waals surface area contributed by atoms with E-state index in [0.717, 1.165) is 19.0 Å². The van der Waals surface area contributed by atoms with Gasteiger partial charge < -0.3 is 17.6 Å². The van der Waals surface area contributed by atoms with E-state index in [9.17, 15) is 8.63 Å². The first-order valence-electron chi connectivity index (χ1n) is 6.70. The van der Waals surface area contributed by atoms with Crippen LogP contribution in [-0.4, -0.2) is 22.1 Å². The molecule has 1 aromatic heterocycles. The second kappa shape index (κ2) is 4.67. The van der Waals surface area contributed by atoms with E-state index in [1.807, 2.05) is 12.1 Å². The SMILES string of the molecule is F[B-]1(F)n2cccc2C(c2c(Cl)cccc2Br)=C2C=CC=[N+]21. The molecule has 0 spiro atoms. The molecule has 2 aromatic rings. The molecule has 0 N–H and O–H groups in total. The highest BCUT2D eigenvalue weighted by atomic mass is 79.9. The van der Waals surface area contributed by atoms with Gasteiger partial charge in [-0.15, -0.1) is 0 Å². The van der Waals surface area contributed by atoms with E-state index in [1.54, 1.807) is 30.4 Å². The molecule has 0 saturated carbocycles. The lowest BCUT2D eigenvalue weighted by Crippen LogP contribution is -2.49. The molecule has 4 rings (SSSR count). The summed E-state index contributed by atoms with van der Waals surface area (Å²) in [5.41, 5.74) is 2.34. The van der Waals surface area contributed by atoms with Gasteiger partial charge in [-0.25, -0.2) is 0 Å². The van der Waals surface area contributed by atoms with Crippen LogP contribution in [0.4, 0.5) is 8.63 Å². The smallest absolute Gasteiger partial charge is 0.396 e. The van der Waals surface area contributed by atoms with Gasteiger partial charge in [-0.2, -0.15) is 0 Å². The summed E-state index contributed by atoms with van der Waals surface area (Å²) in [6.45, 7) is -3.88. The number of aromatic nitrogens is 1. The minimum Gasteiger partial charge on any atom is -0.396 e. The number of fused-ring (bicyclic) bond motifs is 2. The average molecular weight is 381 g/mol. The lowest BCUT2D eigenvalue weighted by Gasteiger charge is -2.31. The second-order valence-corrected chi connectivity index (χ2v) is 6.42. The summed E-state index contributed by atoms with van der Waals surface area (Å²) in [5, 5.41) is 0.516. The first kappa shape index (κ1) is 14.0. The minimum absolute atomic E-state index is 0.463. The molecule has 0 fully saturated rings. The number of nitrogens with zero attached hydrogens (tertiary/aromatic N) is 2. The van der Waals surface area contributed by atoms with Gasteiger partial charge >= 0.3 is 6.97 Å². The molecular formula is C15H9BBrClF2N2. The predicted molar refractivity (Wildman–Crippen MR) is 88.4 cm³/mol. The standard InChI is InChI=1S/C15H9BBrClF2N2/c17-10-4-1-5-11(18)14(10)15-12-6-2-8-21(12)16(19,20)22-9-3-7-13(15)22/h1-9H. The molecule has 2 nitrogen and oxygen atoms in total. The Hall–Kier alpha value is -1.66. The van der Waals surface area contributed by atoms with Crippen molar-refractivity contribution >= 4 is 46.3 Å². The Morgan fingerprint density at radius 3 is 2.77 bits per heavy atom. The second-order valence-electron chi connectivity index (χ2n) is 5.16. The number of hydrogen-bond acceptors (Lipinski definition) is 0. The van der Waals surface area contributed by atoms with Gasteiger partial charge in [0, 0.05) is 32.9 Å². The first-order chi connectivity index (χ1) is 10.5. The molecular weight excluding hydrogens is 372 g/mol. The van der Waals surface area contributed by atoms with E-state index in [2.05, 4.69) is 15.9 Å². The molecule has 0 atom stereocenters. The Kier molecular flexibility index (Phi) is 2.96. The zero-order valence-electron chi connectivity index (χ0n) is 11.2. The first-order valence-corrected chi connectivity index (χ1v) is 7.87. The van der Waals surface area contributed by atoms with Crippen LogP contribution in [-0.2, 0) is 0 Å². The van der Waals surface area contributed by atoms with Crippen molar-refractivity contribution in [1.29, 1.82) is 0 Å². The number of rotatable bonds is 1. The van der Waals surface area contributed by atoms with Crippen LogP contribution < -0.4 is 0 Å². The highest BCUT2D eigenvalue weighted by molar-refractivity contribution is 9.10. The van der Waals surface area contributed by atoms with Crippen molar-refractivity contribution < 1.29 is 13.1 Å². The Morgan fingerprint density at radius 1 is 1.18 bits per heavy atom. The molecule has 110 valence electrons. The van der Waals surface area contributed by atoms with Crippen molar-refractivity contribution in [3.8, 4) is 0 Å². The molecule has 7 heteroatoms. The van der Waals surface area contributed by atoms with Gasteiger partial charge in [-0.3, -0.25) is 0 Å². The summed E-state index contributed by atoms with van der Waals surface area (Å²) in [4.78, 5) is 0. The molecule has 3 heterocycles. The van der Waals surface area contributed by atoms with Crippen LogP contribution in [0.3, 0.4) is 0 Å². The highest BCUT2D eigenvalue weighted by Gasteiger charge is 2.51. The molecule has 22 heavy (non-hydrogen) atoms. The van der Waals surface area contributed by atoms with Gasteiger partial charge in [0.25, 0.3) is 0 Å². The van der Waals surface area contributed by atoms with E-state index in [0.29, 0.717) is 22.0 Å². The molecule has 0 amide bonds. The largest absolute Gasteiger partial charge is 0.737 e. The van der Waals surface area contributed by atoms with Crippen molar-refractivity contribution in [2.45, 2.75) is 0 Å². The quantitative estimate of drug-likeness (QED) is 0.641. The lowest BCUT2D eigenvalue weighted by molar-refractivity contribution is -0.356. The van der Waals surface area contributed by atoms with Crippen molar-refractivity contribution in [1.82, 2.24) is 4.48 Å². The van der Waals surface area contributed by atoms with Crippen molar-refractivity contribution in [2.75, 3.05) is 0 Å². The highest BCUT2D eigenvalue weighted by Crippen LogP contribution is 2.42. The summed E-state index contributed by atoms with van der Waals surface area (Å²) in [6.07, 6.45) is 6.13. The Bertz CT molecular complexity index is 878. The maximum absolute atomic E-state index is 14.7. The van der Waals surface area contributed by atoms with E-state index in [1.165, 1.54) is 12.4 Å². The van der Waals surface area contributed by atoms with Crippen LogP contribution in [0.15, 0.2) is 58.9 Å². The lowest BCUT2D eigenvalue weighted by atomic mass is 9.86. The van der Waals surface area contributed by atoms with Gasteiger partial charge in [0.2, 0.25) is 0 Å². The average Bonchev–Trinajstić information content (AvgIpc) is 3.11. The number of allylic oxidation sites excluding steroid dienone is 2. The van der Waals surface area contributed by atoms with Gasteiger partial charge in [-0.05, 0) is 30.5 Å². The topological polar surface area (TPSA) is 7.94 Å². The molecule has 0 bridgehead atoms. The molecule has 1 aromatic carbocycles. The van der Waals surface area contributed by atoms with Gasteiger partial charge in [0.1, 0.15) is 6.21 Å². The zero-order valence-corrected chi connectivity index (χ0v) is 13.5. The molecule has 0 aliphatic carbocycles. The number of halogens is 4. The predicted octanol–water partition coefficient (Wildman–Crippen LogP) is 4.55. The Balaban J connectivity index is 2.12.